The van der Waals surface area contributed by atoms with Gasteiger partial charge in [-0.1, -0.05) is 0 Å². The van der Waals surface area contributed by atoms with E-state index in [-0.39, 0.29) is 11.3 Å². The molecule has 2 aromatic carbocycles. The molecule has 1 aliphatic heterocycles. The Morgan fingerprint density at radius 2 is 1.54 bits per heavy atom. The number of Topliss-reactive ketones (excluding diaryl/α,β-unsaturated/α-hetero) is 1. The van der Waals surface area contributed by atoms with Crippen LogP contribution in [0.15, 0.2) is 53.4 Å². The molecule has 1 amide bonds. The number of aliphatic hydroxyl groups excluding tert-OH is 1. The molecule has 1 aromatic heterocycles. The van der Waals surface area contributed by atoms with E-state index in [2.05, 4.69) is 0 Å². The molecule has 1 unspecified atom stereocenters. The Kier molecular flexibility index (Phi) is 6.70. The summed E-state index contributed by atoms with van der Waals surface area (Å²) in [6.07, 6.45) is 0. The first-order chi connectivity index (χ1) is 16.8. The zero-order valence-electron chi connectivity index (χ0n) is 19.9. The number of amides is 1. The lowest BCUT2D eigenvalue weighted by molar-refractivity contribution is -0.132. The average molecular weight is 496 g/mol. The predicted molar refractivity (Wildman–Crippen MR) is 133 cm³/mol. The molecule has 182 valence electrons. The van der Waals surface area contributed by atoms with Gasteiger partial charge in [-0.2, -0.15) is 0 Å². The topological polar surface area (TPSA) is 94.5 Å². The van der Waals surface area contributed by atoms with Crippen LogP contribution < -0.4 is 23.8 Å². The van der Waals surface area contributed by atoms with Crippen LogP contribution in [-0.2, 0) is 9.59 Å². The van der Waals surface area contributed by atoms with Gasteiger partial charge in [0.2, 0.25) is 0 Å². The van der Waals surface area contributed by atoms with Crippen molar-refractivity contribution in [1.82, 2.24) is 0 Å². The van der Waals surface area contributed by atoms with Crippen molar-refractivity contribution in [2.75, 3.05) is 33.3 Å². The van der Waals surface area contributed by atoms with E-state index >= 15 is 0 Å². The van der Waals surface area contributed by atoms with Crippen LogP contribution in [0.4, 0.5) is 5.69 Å². The van der Waals surface area contributed by atoms with Crippen LogP contribution in [-0.4, -0.2) is 45.2 Å². The highest BCUT2D eigenvalue weighted by atomic mass is 32.1. The van der Waals surface area contributed by atoms with E-state index in [1.807, 2.05) is 18.4 Å². The Bertz CT molecular complexity index is 1300. The van der Waals surface area contributed by atoms with E-state index in [4.69, 9.17) is 18.9 Å². The minimum atomic E-state index is -0.847. The molecule has 1 fully saturated rings. The molecule has 1 atom stereocenters. The lowest BCUT2D eigenvalue weighted by Crippen LogP contribution is -2.29. The van der Waals surface area contributed by atoms with Gasteiger partial charge >= 0.3 is 0 Å². The third-order valence-corrected chi connectivity index (χ3v) is 6.94. The maximum absolute atomic E-state index is 13.4. The summed E-state index contributed by atoms with van der Waals surface area (Å²) in [6, 6.07) is 10.8. The summed E-state index contributed by atoms with van der Waals surface area (Å²) in [5, 5.41) is 13.2. The summed E-state index contributed by atoms with van der Waals surface area (Å²) in [6.45, 7) is 1.90. The zero-order chi connectivity index (χ0) is 25.3. The Morgan fingerprint density at radius 3 is 2.09 bits per heavy atom. The van der Waals surface area contributed by atoms with Crippen molar-refractivity contribution >= 4 is 34.5 Å². The smallest absolute Gasteiger partial charge is 0.300 e. The number of hydrogen-bond acceptors (Lipinski definition) is 8. The molecule has 0 saturated carbocycles. The number of aryl methyl sites for hydroxylation is 1. The number of hydrogen-bond donors (Lipinski definition) is 1. The second-order valence-electron chi connectivity index (χ2n) is 7.78. The van der Waals surface area contributed by atoms with Gasteiger partial charge in [0.15, 0.2) is 11.5 Å². The number of ketones is 1. The molecule has 2 heterocycles. The molecule has 4 rings (SSSR count). The first kappa shape index (κ1) is 24.2. The Labute approximate surface area is 206 Å². The van der Waals surface area contributed by atoms with Crippen molar-refractivity contribution in [1.29, 1.82) is 0 Å². The van der Waals surface area contributed by atoms with E-state index in [9.17, 15) is 14.7 Å². The number of anilines is 1. The van der Waals surface area contributed by atoms with Gasteiger partial charge in [-0.05, 0) is 42.1 Å². The number of rotatable bonds is 7. The quantitative estimate of drug-likeness (QED) is 0.288. The minimum Gasteiger partial charge on any atom is -0.507 e. The molecule has 1 saturated heterocycles. The fourth-order valence-electron chi connectivity index (χ4n) is 4.08. The normalized spacial score (nSPS) is 16.9. The van der Waals surface area contributed by atoms with Gasteiger partial charge in [-0.25, -0.2) is 0 Å². The highest BCUT2D eigenvalue weighted by Gasteiger charge is 2.48. The van der Waals surface area contributed by atoms with E-state index in [1.165, 1.54) is 44.7 Å². The lowest BCUT2D eigenvalue weighted by Gasteiger charge is -2.25. The van der Waals surface area contributed by atoms with Gasteiger partial charge in [0.1, 0.15) is 23.3 Å². The molecule has 9 heteroatoms. The van der Waals surface area contributed by atoms with Gasteiger partial charge in [0.05, 0.1) is 39.7 Å². The van der Waals surface area contributed by atoms with E-state index in [0.717, 1.165) is 10.4 Å². The molecule has 1 aliphatic rings. The van der Waals surface area contributed by atoms with Gasteiger partial charge in [0.25, 0.3) is 11.7 Å². The summed E-state index contributed by atoms with van der Waals surface area (Å²) < 4.78 is 21.4. The predicted octanol–water partition coefficient (Wildman–Crippen LogP) is 4.72. The van der Waals surface area contributed by atoms with E-state index in [0.29, 0.717) is 34.2 Å². The largest absolute Gasteiger partial charge is 0.507 e. The molecule has 3 aromatic rings. The van der Waals surface area contributed by atoms with Crippen molar-refractivity contribution in [2.45, 2.75) is 13.0 Å². The maximum Gasteiger partial charge on any atom is 0.300 e. The Balaban J connectivity index is 1.96. The number of ether oxygens (including phenoxy) is 4. The number of aliphatic hydroxyl groups is 1. The highest BCUT2D eigenvalue weighted by molar-refractivity contribution is 7.10. The number of benzene rings is 2. The van der Waals surface area contributed by atoms with Crippen LogP contribution in [0.3, 0.4) is 0 Å². The van der Waals surface area contributed by atoms with Crippen molar-refractivity contribution in [3.8, 4) is 23.0 Å². The first-order valence-corrected chi connectivity index (χ1v) is 11.5. The molecule has 35 heavy (non-hydrogen) atoms. The average Bonchev–Trinajstić information content (AvgIpc) is 3.42. The second kappa shape index (κ2) is 9.71. The standard InChI is InChI=1S/C26H25NO7S/c1-14-8-9-35-25(14)22-21(23(28)15-6-7-19(33-4)20(10-15)34-5)24(29)26(30)27(22)16-11-17(31-2)13-18(12-16)32-3/h6-13,22,28H,1-5H3/b23-21-. The molecule has 0 bridgehead atoms. The maximum atomic E-state index is 13.4. The third kappa shape index (κ3) is 4.19. The van der Waals surface area contributed by atoms with E-state index in [1.54, 1.807) is 36.4 Å². The number of nitrogens with zero attached hydrogens (tertiary/aromatic N) is 1. The fraction of sp³-hybridized carbons (Fsp3) is 0.231. The number of methoxy groups -OCH3 is 4. The zero-order valence-corrected chi connectivity index (χ0v) is 20.8. The van der Waals surface area contributed by atoms with Crippen molar-refractivity contribution in [2.24, 2.45) is 0 Å². The van der Waals surface area contributed by atoms with Gasteiger partial charge in [-0.3, -0.25) is 14.5 Å². The van der Waals surface area contributed by atoms with Gasteiger partial charge in [-0.15, -0.1) is 11.3 Å². The second-order valence-corrected chi connectivity index (χ2v) is 8.73. The lowest BCUT2D eigenvalue weighted by atomic mass is 9.98. The van der Waals surface area contributed by atoms with Gasteiger partial charge in [0, 0.05) is 28.6 Å². The molecule has 0 radical (unpaired) electrons. The fourth-order valence-corrected chi connectivity index (χ4v) is 5.11. The summed E-state index contributed by atoms with van der Waals surface area (Å²) in [4.78, 5) is 28.9. The van der Waals surface area contributed by atoms with Crippen LogP contribution in [0.5, 0.6) is 23.0 Å². The van der Waals surface area contributed by atoms with Crippen LogP contribution in [0.2, 0.25) is 0 Å². The molecule has 8 nitrogen and oxygen atoms in total. The summed E-state index contributed by atoms with van der Waals surface area (Å²) in [7, 11) is 5.99. The number of carbonyl (C=O) groups is 2. The van der Waals surface area contributed by atoms with Gasteiger partial charge < -0.3 is 24.1 Å². The minimum absolute atomic E-state index is 0.0189. The highest BCUT2D eigenvalue weighted by Crippen LogP contribution is 2.46. The number of thiophene rings is 1. The Morgan fingerprint density at radius 1 is 0.886 bits per heavy atom. The molecular formula is C26H25NO7S. The molecule has 1 N–H and O–H groups in total. The van der Waals surface area contributed by atoms with E-state index < -0.39 is 17.7 Å². The monoisotopic (exact) mass is 495 g/mol. The number of carbonyl (C=O) groups excluding carboxylic acids is 2. The van der Waals surface area contributed by atoms with Crippen LogP contribution >= 0.6 is 11.3 Å². The SMILES string of the molecule is COc1cc(OC)cc(N2C(=O)C(=O)/C(=C(\O)c3ccc(OC)c(OC)c3)C2c2sccc2C)c1. The van der Waals surface area contributed by atoms with Crippen molar-refractivity contribution in [3.63, 3.8) is 0 Å². The molecule has 0 aliphatic carbocycles. The summed E-state index contributed by atoms with van der Waals surface area (Å²) >= 11 is 1.40. The molecule has 0 spiro atoms. The van der Waals surface area contributed by atoms with Crippen LogP contribution in [0.25, 0.3) is 5.76 Å². The van der Waals surface area contributed by atoms with Crippen molar-refractivity contribution < 1.29 is 33.6 Å². The molecular weight excluding hydrogens is 470 g/mol. The third-order valence-electron chi connectivity index (χ3n) is 5.87. The summed E-state index contributed by atoms with van der Waals surface area (Å²) in [5.74, 6) is -0.0900. The first-order valence-electron chi connectivity index (χ1n) is 10.6. The summed E-state index contributed by atoms with van der Waals surface area (Å²) in [5.41, 5.74) is 1.60. The Hall–Kier alpha value is -3.98. The van der Waals surface area contributed by atoms with Crippen molar-refractivity contribution in [3.05, 3.63) is 69.4 Å². The van der Waals surface area contributed by atoms with Crippen LogP contribution in [0, 0.1) is 6.92 Å². The van der Waals surface area contributed by atoms with Crippen LogP contribution in [0.1, 0.15) is 22.0 Å².